The standard InChI is InChI=1S/C13H13N5O3/c19-12(10-2-1-3-11(6-10)18(20)21)7-16-4-5-17-9-14-15-13(17)8-16/h1-3,6,9H,4-5,7-8H2. The van der Waals surface area contributed by atoms with Crippen molar-refractivity contribution in [2.45, 2.75) is 13.1 Å². The van der Waals surface area contributed by atoms with Crippen LogP contribution in [0, 0.1) is 10.1 Å². The first-order valence-corrected chi connectivity index (χ1v) is 6.50. The minimum absolute atomic E-state index is 0.0702. The minimum atomic E-state index is -0.500. The van der Waals surface area contributed by atoms with Crippen molar-refractivity contribution in [3.63, 3.8) is 0 Å². The van der Waals surface area contributed by atoms with Gasteiger partial charge in [0.15, 0.2) is 5.78 Å². The molecule has 1 aliphatic heterocycles. The van der Waals surface area contributed by atoms with E-state index in [4.69, 9.17) is 0 Å². The fourth-order valence-electron chi connectivity index (χ4n) is 2.34. The average molecular weight is 287 g/mol. The Morgan fingerprint density at radius 2 is 2.24 bits per heavy atom. The second-order valence-corrected chi connectivity index (χ2v) is 4.88. The summed E-state index contributed by atoms with van der Waals surface area (Å²) in [5, 5.41) is 18.6. The summed E-state index contributed by atoms with van der Waals surface area (Å²) in [5.41, 5.74) is 0.287. The van der Waals surface area contributed by atoms with Gasteiger partial charge in [-0.05, 0) is 0 Å². The molecule has 0 atom stereocenters. The molecule has 0 aliphatic carbocycles. The van der Waals surface area contributed by atoms with Gasteiger partial charge in [0, 0.05) is 30.8 Å². The van der Waals surface area contributed by atoms with E-state index < -0.39 is 4.92 Å². The molecular weight excluding hydrogens is 274 g/mol. The van der Waals surface area contributed by atoms with E-state index in [1.807, 2.05) is 9.47 Å². The van der Waals surface area contributed by atoms with Crippen LogP contribution in [0.15, 0.2) is 30.6 Å². The van der Waals surface area contributed by atoms with Gasteiger partial charge in [-0.15, -0.1) is 10.2 Å². The summed E-state index contributed by atoms with van der Waals surface area (Å²) < 4.78 is 1.95. The molecule has 0 saturated heterocycles. The Hall–Kier alpha value is -2.61. The van der Waals surface area contributed by atoms with Gasteiger partial charge in [-0.3, -0.25) is 19.8 Å². The van der Waals surface area contributed by atoms with Crippen molar-refractivity contribution in [3.8, 4) is 0 Å². The highest BCUT2D eigenvalue weighted by molar-refractivity contribution is 5.98. The molecular formula is C13H13N5O3. The maximum absolute atomic E-state index is 12.2. The largest absolute Gasteiger partial charge is 0.315 e. The summed E-state index contributed by atoms with van der Waals surface area (Å²) in [5.74, 6) is 0.694. The molecule has 2 heterocycles. The average Bonchev–Trinajstić information content (AvgIpc) is 2.95. The zero-order chi connectivity index (χ0) is 14.8. The molecule has 0 radical (unpaired) electrons. The molecule has 1 aliphatic rings. The normalized spacial score (nSPS) is 14.7. The zero-order valence-electron chi connectivity index (χ0n) is 11.2. The first-order chi connectivity index (χ1) is 10.1. The number of carbonyl (C=O) groups excluding carboxylic acids is 1. The number of rotatable bonds is 4. The topological polar surface area (TPSA) is 94.2 Å². The van der Waals surface area contributed by atoms with Crippen LogP contribution in [0.1, 0.15) is 16.2 Å². The Morgan fingerprint density at radius 3 is 3.05 bits per heavy atom. The molecule has 0 saturated carbocycles. The fourth-order valence-corrected chi connectivity index (χ4v) is 2.34. The van der Waals surface area contributed by atoms with Crippen molar-refractivity contribution in [1.82, 2.24) is 19.7 Å². The molecule has 0 fully saturated rings. The molecule has 1 aromatic heterocycles. The number of nitro benzene ring substituents is 1. The Morgan fingerprint density at radius 1 is 1.38 bits per heavy atom. The highest BCUT2D eigenvalue weighted by atomic mass is 16.6. The number of Topliss-reactive ketones (excluding diaryl/α,β-unsaturated/α-hetero) is 1. The molecule has 0 bridgehead atoms. The highest BCUT2D eigenvalue weighted by Gasteiger charge is 2.20. The first kappa shape index (κ1) is 13.4. The van der Waals surface area contributed by atoms with Crippen LogP contribution in [0.2, 0.25) is 0 Å². The monoisotopic (exact) mass is 287 g/mol. The number of fused-ring (bicyclic) bond motifs is 1. The molecule has 3 rings (SSSR count). The van der Waals surface area contributed by atoms with Gasteiger partial charge in [-0.25, -0.2) is 0 Å². The van der Waals surface area contributed by atoms with E-state index in [9.17, 15) is 14.9 Å². The summed E-state index contributed by atoms with van der Waals surface area (Å²) in [4.78, 5) is 24.4. The van der Waals surface area contributed by atoms with Crippen LogP contribution in [0.25, 0.3) is 0 Å². The van der Waals surface area contributed by atoms with Crippen LogP contribution in [0.4, 0.5) is 5.69 Å². The molecule has 8 nitrogen and oxygen atoms in total. The number of benzene rings is 1. The van der Waals surface area contributed by atoms with Gasteiger partial charge in [-0.2, -0.15) is 0 Å². The molecule has 0 unspecified atom stereocenters. The Labute approximate surface area is 120 Å². The van der Waals surface area contributed by atoms with Crippen molar-refractivity contribution in [1.29, 1.82) is 0 Å². The van der Waals surface area contributed by atoms with E-state index in [0.717, 1.165) is 18.9 Å². The highest BCUT2D eigenvalue weighted by Crippen LogP contribution is 2.15. The number of nitro groups is 1. The Bertz CT molecular complexity index is 697. The van der Waals surface area contributed by atoms with E-state index >= 15 is 0 Å². The lowest BCUT2D eigenvalue weighted by atomic mass is 10.1. The van der Waals surface area contributed by atoms with Gasteiger partial charge >= 0.3 is 0 Å². The SMILES string of the molecule is O=C(CN1CCn2cnnc2C1)c1cccc([N+](=O)[O-])c1. The second-order valence-electron chi connectivity index (χ2n) is 4.88. The van der Waals surface area contributed by atoms with Gasteiger partial charge in [0.25, 0.3) is 5.69 Å². The van der Waals surface area contributed by atoms with Gasteiger partial charge < -0.3 is 4.57 Å². The van der Waals surface area contributed by atoms with Gasteiger partial charge in [0.2, 0.25) is 0 Å². The van der Waals surface area contributed by atoms with Crippen LogP contribution < -0.4 is 0 Å². The summed E-state index contributed by atoms with van der Waals surface area (Å²) in [7, 11) is 0. The Balaban J connectivity index is 1.70. The third-order valence-electron chi connectivity index (χ3n) is 3.46. The minimum Gasteiger partial charge on any atom is -0.315 e. The maximum Gasteiger partial charge on any atom is 0.270 e. The van der Waals surface area contributed by atoms with Crippen molar-refractivity contribution in [3.05, 3.63) is 52.1 Å². The fraction of sp³-hybridized carbons (Fsp3) is 0.308. The van der Waals surface area contributed by atoms with Crippen LogP contribution in [-0.2, 0) is 13.1 Å². The molecule has 108 valence electrons. The summed E-state index contributed by atoms with van der Waals surface area (Å²) in [6, 6.07) is 5.81. The van der Waals surface area contributed by atoms with E-state index in [1.165, 1.54) is 18.2 Å². The van der Waals surface area contributed by atoms with Gasteiger partial charge in [0.05, 0.1) is 18.0 Å². The lowest BCUT2D eigenvalue weighted by molar-refractivity contribution is -0.384. The van der Waals surface area contributed by atoms with E-state index in [-0.39, 0.29) is 18.0 Å². The van der Waals surface area contributed by atoms with Gasteiger partial charge in [-0.1, -0.05) is 12.1 Å². The second kappa shape index (κ2) is 5.41. The quantitative estimate of drug-likeness (QED) is 0.471. The van der Waals surface area contributed by atoms with Gasteiger partial charge in [0.1, 0.15) is 12.2 Å². The summed E-state index contributed by atoms with van der Waals surface area (Å²) >= 11 is 0. The third kappa shape index (κ3) is 2.79. The van der Waals surface area contributed by atoms with Crippen LogP contribution >= 0.6 is 0 Å². The predicted octanol–water partition coefficient (Wildman–Crippen LogP) is 0.885. The molecule has 8 heteroatoms. The smallest absolute Gasteiger partial charge is 0.270 e. The summed E-state index contributed by atoms with van der Waals surface area (Å²) in [6.07, 6.45) is 1.68. The van der Waals surface area contributed by atoms with Crippen molar-refractivity contribution in [2.75, 3.05) is 13.1 Å². The lowest BCUT2D eigenvalue weighted by Crippen LogP contribution is -2.37. The van der Waals surface area contributed by atoms with Crippen LogP contribution in [0.5, 0.6) is 0 Å². The zero-order valence-corrected chi connectivity index (χ0v) is 11.2. The maximum atomic E-state index is 12.2. The summed E-state index contributed by atoms with van der Waals surface area (Å²) in [6.45, 7) is 2.24. The molecule has 1 aromatic carbocycles. The number of hydrogen-bond acceptors (Lipinski definition) is 6. The molecule has 0 amide bonds. The van der Waals surface area contributed by atoms with E-state index in [0.29, 0.717) is 12.1 Å². The van der Waals surface area contributed by atoms with E-state index in [2.05, 4.69) is 10.2 Å². The van der Waals surface area contributed by atoms with E-state index in [1.54, 1.807) is 12.4 Å². The number of nitrogens with zero attached hydrogens (tertiary/aromatic N) is 5. The number of hydrogen-bond donors (Lipinski definition) is 0. The molecule has 21 heavy (non-hydrogen) atoms. The lowest BCUT2D eigenvalue weighted by Gasteiger charge is -2.26. The van der Waals surface area contributed by atoms with Crippen LogP contribution in [-0.4, -0.2) is 43.5 Å². The van der Waals surface area contributed by atoms with Crippen LogP contribution in [0.3, 0.4) is 0 Å². The molecule has 2 aromatic rings. The molecule has 0 N–H and O–H groups in total. The number of carbonyl (C=O) groups is 1. The number of aromatic nitrogens is 3. The Kier molecular flexibility index (Phi) is 3.44. The molecule has 0 spiro atoms. The van der Waals surface area contributed by atoms with Crippen molar-refractivity contribution >= 4 is 11.5 Å². The predicted molar refractivity (Wildman–Crippen MR) is 72.7 cm³/mol. The third-order valence-corrected chi connectivity index (χ3v) is 3.46. The van der Waals surface area contributed by atoms with Crippen molar-refractivity contribution in [2.24, 2.45) is 0 Å². The number of non-ortho nitro benzene ring substituents is 1. The first-order valence-electron chi connectivity index (χ1n) is 6.50. The number of ketones is 1. The van der Waals surface area contributed by atoms with Crippen molar-refractivity contribution < 1.29 is 9.72 Å².